The molecule has 0 aliphatic carbocycles. The van der Waals surface area contributed by atoms with Crippen molar-refractivity contribution in [1.82, 2.24) is 0 Å². The first-order chi connectivity index (χ1) is 14.3. The molecule has 4 rings (SSSR count). The number of hydrogen-bond donors (Lipinski definition) is 0. The van der Waals surface area contributed by atoms with Crippen LogP contribution in [0.25, 0.3) is 0 Å². The van der Waals surface area contributed by atoms with E-state index in [2.05, 4.69) is 30.3 Å². The summed E-state index contributed by atoms with van der Waals surface area (Å²) in [5, 5.41) is 0. The van der Waals surface area contributed by atoms with Crippen molar-refractivity contribution in [2.24, 2.45) is 0 Å². The topological polar surface area (TPSA) is 29.5 Å². The van der Waals surface area contributed by atoms with Crippen LogP contribution in [0.2, 0.25) is 0 Å². The van der Waals surface area contributed by atoms with Crippen LogP contribution in [0.15, 0.2) is 84.9 Å². The van der Waals surface area contributed by atoms with E-state index in [1.54, 1.807) is 11.8 Å². The maximum Gasteiger partial charge on any atom is 0.236 e. The quantitative estimate of drug-likeness (QED) is 0.489. The second-order valence-corrected chi connectivity index (χ2v) is 8.15. The molecule has 0 aromatic heterocycles. The van der Waals surface area contributed by atoms with E-state index in [0.717, 1.165) is 35.5 Å². The lowest BCUT2D eigenvalue weighted by molar-refractivity contribution is -0.116. The number of carbonyl (C=O) groups is 1. The molecule has 1 aliphatic rings. The Morgan fingerprint density at radius 1 is 0.897 bits per heavy atom. The van der Waals surface area contributed by atoms with Gasteiger partial charge in [0.05, 0.1) is 12.4 Å². The maximum absolute atomic E-state index is 12.6. The fourth-order valence-electron chi connectivity index (χ4n) is 3.70. The Hall–Kier alpha value is -2.56. The van der Waals surface area contributed by atoms with Gasteiger partial charge in [-0.3, -0.25) is 4.79 Å². The third-order valence-corrected chi connectivity index (χ3v) is 6.04. The Bertz CT molecular complexity index is 890. The molecule has 4 heteroatoms. The minimum absolute atomic E-state index is 0.0841. The molecule has 3 aromatic carbocycles. The zero-order valence-electron chi connectivity index (χ0n) is 16.4. The van der Waals surface area contributed by atoms with Crippen LogP contribution >= 0.6 is 11.8 Å². The molecule has 0 spiro atoms. The number of para-hydroxylation sites is 1. The first-order valence-corrected chi connectivity index (χ1v) is 11.2. The largest absolute Gasteiger partial charge is 0.368 e. The summed E-state index contributed by atoms with van der Waals surface area (Å²) in [4.78, 5) is 14.5. The smallest absolute Gasteiger partial charge is 0.236 e. The van der Waals surface area contributed by atoms with Crippen molar-refractivity contribution in [3.05, 3.63) is 102 Å². The van der Waals surface area contributed by atoms with Crippen molar-refractivity contribution in [3.63, 3.8) is 0 Å². The van der Waals surface area contributed by atoms with Gasteiger partial charge >= 0.3 is 0 Å². The Balaban J connectivity index is 1.28. The Morgan fingerprint density at radius 3 is 2.21 bits per heavy atom. The summed E-state index contributed by atoms with van der Waals surface area (Å²) in [6.07, 6.45) is 0.866. The SMILES string of the molecule is O=C(CSCCOC(c1ccccc1)c1ccccc1)N1CCc2ccccc21. The highest BCUT2D eigenvalue weighted by Gasteiger charge is 2.23. The van der Waals surface area contributed by atoms with Gasteiger partial charge in [0.1, 0.15) is 6.10 Å². The van der Waals surface area contributed by atoms with Crippen molar-refractivity contribution < 1.29 is 9.53 Å². The lowest BCUT2D eigenvalue weighted by atomic mass is 10.0. The number of anilines is 1. The van der Waals surface area contributed by atoms with Crippen LogP contribution in [0.3, 0.4) is 0 Å². The number of thioether (sulfide) groups is 1. The van der Waals surface area contributed by atoms with E-state index >= 15 is 0 Å². The molecule has 1 amide bonds. The highest BCUT2D eigenvalue weighted by Crippen LogP contribution is 2.28. The fraction of sp³-hybridized carbons (Fsp3) is 0.240. The summed E-state index contributed by atoms with van der Waals surface area (Å²) in [5.74, 6) is 1.46. The van der Waals surface area contributed by atoms with Crippen molar-refractivity contribution in [2.75, 3.05) is 29.6 Å². The number of fused-ring (bicyclic) bond motifs is 1. The van der Waals surface area contributed by atoms with Gasteiger partial charge < -0.3 is 9.64 Å². The minimum Gasteiger partial charge on any atom is -0.368 e. The molecular formula is C25H25NO2S. The highest BCUT2D eigenvalue weighted by molar-refractivity contribution is 7.99. The lowest BCUT2D eigenvalue weighted by Crippen LogP contribution is -2.30. The molecule has 0 fully saturated rings. The van der Waals surface area contributed by atoms with Gasteiger partial charge in [-0.05, 0) is 29.2 Å². The minimum atomic E-state index is -0.0841. The molecule has 0 atom stereocenters. The molecule has 0 saturated heterocycles. The van der Waals surface area contributed by atoms with E-state index in [4.69, 9.17) is 4.74 Å². The normalized spacial score (nSPS) is 12.9. The molecule has 0 radical (unpaired) electrons. The first-order valence-electron chi connectivity index (χ1n) is 10.0. The summed E-state index contributed by atoms with van der Waals surface area (Å²) in [6, 6.07) is 28.8. The van der Waals surface area contributed by atoms with Gasteiger partial charge in [-0.1, -0.05) is 78.9 Å². The van der Waals surface area contributed by atoms with Gasteiger partial charge in [-0.25, -0.2) is 0 Å². The molecule has 29 heavy (non-hydrogen) atoms. The van der Waals surface area contributed by atoms with Crippen molar-refractivity contribution >= 4 is 23.4 Å². The van der Waals surface area contributed by atoms with Crippen LogP contribution in [0.4, 0.5) is 5.69 Å². The lowest BCUT2D eigenvalue weighted by Gasteiger charge is -2.19. The zero-order valence-corrected chi connectivity index (χ0v) is 17.2. The van der Waals surface area contributed by atoms with Gasteiger partial charge in [0.2, 0.25) is 5.91 Å². The zero-order chi connectivity index (χ0) is 19.9. The summed E-state index contributed by atoms with van der Waals surface area (Å²) in [5.41, 5.74) is 4.63. The van der Waals surface area contributed by atoms with Crippen LogP contribution in [0, 0.1) is 0 Å². The van der Waals surface area contributed by atoms with Gasteiger partial charge in [0.15, 0.2) is 0 Å². The average molecular weight is 404 g/mol. The number of amides is 1. The van der Waals surface area contributed by atoms with E-state index in [1.807, 2.05) is 59.5 Å². The molecular weight excluding hydrogens is 378 g/mol. The number of rotatable bonds is 8. The van der Waals surface area contributed by atoms with Crippen LogP contribution in [-0.2, 0) is 16.0 Å². The van der Waals surface area contributed by atoms with Crippen molar-refractivity contribution in [1.29, 1.82) is 0 Å². The van der Waals surface area contributed by atoms with Gasteiger partial charge in [-0.2, -0.15) is 0 Å². The average Bonchev–Trinajstić information content (AvgIpc) is 3.22. The molecule has 0 bridgehead atoms. The molecule has 1 aliphatic heterocycles. The van der Waals surface area contributed by atoms with E-state index < -0.39 is 0 Å². The second-order valence-electron chi connectivity index (χ2n) is 7.05. The Labute approximate surface area is 176 Å². The van der Waals surface area contributed by atoms with Crippen molar-refractivity contribution in [3.8, 4) is 0 Å². The molecule has 0 unspecified atom stereocenters. The second kappa shape index (κ2) is 9.77. The van der Waals surface area contributed by atoms with Crippen LogP contribution < -0.4 is 4.90 Å². The third-order valence-electron chi connectivity index (χ3n) is 5.13. The molecule has 3 nitrogen and oxygen atoms in total. The standard InChI is InChI=1S/C25H25NO2S/c27-24(26-16-15-20-9-7-8-14-23(20)26)19-29-18-17-28-25(21-10-3-1-4-11-21)22-12-5-2-6-13-22/h1-14,25H,15-19H2. The number of nitrogens with zero attached hydrogens (tertiary/aromatic N) is 1. The summed E-state index contributed by atoms with van der Waals surface area (Å²) < 4.78 is 6.23. The van der Waals surface area contributed by atoms with E-state index in [9.17, 15) is 4.79 Å². The molecule has 3 aromatic rings. The predicted molar refractivity (Wildman–Crippen MR) is 121 cm³/mol. The van der Waals surface area contributed by atoms with Gasteiger partial charge in [0, 0.05) is 18.0 Å². The fourth-order valence-corrected chi connectivity index (χ4v) is 4.39. The number of hydrogen-bond acceptors (Lipinski definition) is 3. The molecule has 148 valence electrons. The molecule has 1 heterocycles. The molecule has 0 N–H and O–H groups in total. The van der Waals surface area contributed by atoms with Crippen molar-refractivity contribution in [2.45, 2.75) is 12.5 Å². The van der Waals surface area contributed by atoms with E-state index in [-0.39, 0.29) is 12.0 Å². The number of carbonyl (C=O) groups excluding carboxylic acids is 1. The summed E-state index contributed by atoms with van der Waals surface area (Å²) in [7, 11) is 0. The summed E-state index contributed by atoms with van der Waals surface area (Å²) in [6.45, 7) is 1.39. The van der Waals surface area contributed by atoms with E-state index in [0.29, 0.717) is 12.4 Å². The van der Waals surface area contributed by atoms with Crippen LogP contribution in [0.1, 0.15) is 22.8 Å². The predicted octanol–water partition coefficient (Wildman–Crippen LogP) is 5.12. The summed E-state index contributed by atoms with van der Waals surface area (Å²) >= 11 is 1.64. The van der Waals surface area contributed by atoms with E-state index in [1.165, 1.54) is 5.56 Å². The number of ether oxygens (including phenoxy) is 1. The highest BCUT2D eigenvalue weighted by atomic mass is 32.2. The Morgan fingerprint density at radius 2 is 1.52 bits per heavy atom. The third kappa shape index (κ3) is 4.89. The van der Waals surface area contributed by atoms with Crippen LogP contribution in [-0.4, -0.2) is 30.6 Å². The van der Waals surface area contributed by atoms with Gasteiger partial charge in [0.25, 0.3) is 0 Å². The van der Waals surface area contributed by atoms with Crippen LogP contribution in [0.5, 0.6) is 0 Å². The number of benzene rings is 3. The maximum atomic E-state index is 12.6. The first kappa shape index (κ1) is 19.7. The monoisotopic (exact) mass is 403 g/mol. The Kier molecular flexibility index (Phi) is 6.65. The van der Waals surface area contributed by atoms with Gasteiger partial charge in [-0.15, -0.1) is 11.8 Å². The molecule has 0 saturated carbocycles.